The summed E-state index contributed by atoms with van der Waals surface area (Å²) >= 11 is 1.24. The van der Waals surface area contributed by atoms with Crippen LogP contribution in [0.1, 0.15) is 28.4 Å². The maximum Gasteiger partial charge on any atom is 0.343 e. The molecule has 0 atom stereocenters. The zero-order valence-corrected chi connectivity index (χ0v) is 20.3. The summed E-state index contributed by atoms with van der Waals surface area (Å²) in [5.41, 5.74) is 2.94. The lowest BCUT2D eigenvalue weighted by Crippen LogP contribution is -2.19. The van der Waals surface area contributed by atoms with Crippen molar-refractivity contribution in [2.45, 2.75) is 13.8 Å². The summed E-state index contributed by atoms with van der Waals surface area (Å²) in [4.78, 5) is 30.0. The van der Waals surface area contributed by atoms with Crippen molar-refractivity contribution in [3.63, 3.8) is 0 Å². The minimum atomic E-state index is -0.470. The molecule has 7 nitrogen and oxygen atoms in total. The van der Waals surface area contributed by atoms with Gasteiger partial charge in [-0.2, -0.15) is 0 Å². The first kappa shape index (κ1) is 24.1. The Labute approximate surface area is 207 Å². The van der Waals surface area contributed by atoms with Crippen molar-refractivity contribution in [2.24, 2.45) is 4.99 Å². The van der Waals surface area contributed by atoms with Gasteiger partial charge in [0.1, 0.15) is 5.75 Å². The molecule has 0 saturated carbocycles. The van der Waals surface area contributed by atoms with E-state index in [-0.39, 0.29) is 5.91 Å². The van der Waals surface area contributed by atoms with Crippen LogP contribution in [-0.4, -0.2) is 30.8 Å². The molecule has 0 aliphatic carbocycles. The highest BCUT2D eigenvalue weighted by Gasteiger charge is 2.24. The van der Waals surface area contributed by atoms with E-state index in [1.807, 2.05) is 38.1 Å². The standard InChI is InChI=1S/C27H24N2O5S/c1-4-33-23-15-18(7-14-22(23)34-26(31)19-8-5-17(2)6-9-19)16-24-25(30)29-27(35-24)28-20-10-12-21(32-3)13-11-20/h5-16H,4H2,1-3H3,(H,28,29,30)/b24-16+. The Hall–Kier alpha value is -4.04. The maximum absolute atomic E-state index is 12.5. The number of amidine groups is 1. The van der Waals surface area contributed by atoms with E-state index < -0.39 is 5.97 Å². The summed E-state index contributed by atoms with van der Waals surface area (Å²) in [7, 11) is 1.60. The van der Waals surface area contributed by atoms with Crippen LogP contribution in [0.3, 0.4) is 0 Å². The molecular weight excluding hydrogens is 464 g/mol. The van der Waals surface area contributed by atoms with Gasteiger partial charge in [-0.1, -0.05) is 23.8 Å². The Morgan fingerprint density at radius 1 is 1.03 bits per heavy atom. The maximum atomic E-state index is 12.5. The number of amides is 1. The fourth-order valence-electron chi connectivity index (χ4n) is 3.22. The van der Waals surface area contributed by atoms with Crippen molar-refractivity contribution in [1.82, 2.24) is 5.32 Å². The number of hydrogen-bond acceptors (Lipinski definition) is 7. The highest BCUT2D eigenvalue weighted by atomic mass is 32.2. The average molecular weight is 489 g/mol. The number of ether oxygens (including phenoxy) is 3. The van der Waals surface area contributed by atoms with Gasteiger partial charge >= 0.3 is 5.97 Å². The van der Waals surface area contributed by atoms with Crippen LogP contribution >= 0.6 is 11.8 Å². The van der Waals surface area contributed by atoms with Gasteiger partial charge < -0.3 is 19.5 Å². The molecule has 1 aliphatic rings. The monoisotopic (exact) mass is 488 g/mol. The summed E-state index contributed by atoms with van der Waals surface area (Å²) < 4.78 is 16.4. The fraction of sp³-hybridized carbons (Fsp3) is 0.148. The Kier molecular flexibility index (Phi) is 7.52. The van der Waals surface area contributed by atoms with Gasteiger partial charge in [-0.3, -0.25) is 4.79 Å². The van der Waals surface area contributed by atoms with Crippen molar-refractivity contribution in [3.05, 3.63) is 88.3 Å². The van der Waals surface area contributed by atoms with Crippen LogP contribution in [0.2, 0.25) is 0 Å². The van der Waals surface area contributed by atoms with E-state index in [1.165, 1.54) is 11.8 Å². The van der Waals surface area contributed by atoms with Crippen molar-refractivity contribution >= 4 is 40.6 Å². The highest BCUT2D eigenvalue weighted by molar-refractivity contribution is 8.18. The van der Waals surface area contributed by atoms with Crippen molar-refractivity contribution in [1.29, 1.82) is 0 Å². The number of methoxy groups -OCH3 is 1. The molecule has 1 saturated heterocycles. The largest absolute Gasteiger partial charge is 0.497 e. The number of carbonyl (C=O) groups excluding carboxylic acids is 2. The second kappa shape index (κ2) is 10.9. The van der Waals surface area contributed by atoms with Crippen LogP contribution in [0.25, 0.3) is 6.08 Å². The smallest absolute Gasteiger partial charge is 0.343 e. The van der Waals surface area contributed by atoms with Gasteiger partial charge in [-0.25, -0.2) is 9.79 Å². The molecule has 1 heterocycles. The molecule has 4 rings (SSSR count). The lowest BCUT2D eigenvalue weighted by Gasteiger charge is -2.11. The number of nitrogens with one attached hydrogen (secondary N) is 1. The molecule has 0 unspecified atom stereocenters. The van der Waals surface area contributed by atoms with Crippen molar-refractivity contribution < 1.29 is 23.8 Å². The van der Waals surface area contributed by atoms with Crippen LogP contribution in [0, 0.1) is 6.92 Å². The van der Waals surface area contributed by atoms with E-state index in [9.17, 15) is 9.59 Å². The predicted octanol–water partition coefficient (Wildman–Crippen LogP) is 5.51. The molecule has 1 aliphatic heterocycles. The summed E-state index contributed by atoms with van der Waals surface area (Å²) in [6.45, 7) is 4.19. The van der Waals surface area contributed by atoms with Crippen molar-refractivity contribution in [2.75, 3.05) is 13.7 Å². The number of nitrogens with zero attached hydrogens (tertiary/aromatic N) is 1. The van der Waals surface area contributed by atoms with E-state index in [0.717, 1.165) is 16.9 Å². The number of aryl methyl sites for hydroxylation is 1. The van der Waals surface area contributed by atoms with Crippen LogP contribution in [0.15, 0.2) is 76.6 Å². The summed E-state index contributed by atoms with van der Waals surface area (Å²) in [5.74, 6) is 0.746. The van der Waals surface area contributed by atoms with E-state index in [2.05, 4.69) is 10.3 Å². The molecule has 0 radical (unpaired) electrons. The molecule has 1 amide bonds. The van der Waals surface area contributed by atoms with Gasteiger partial charge in [0.15, 0.2) is 16.7 Å². The number of rotatable bonds is 7. The number of esters is 1. The zero-order valence-electron chi connectivity index (χ0n) is 19.5. The third kappa shape index (κ3) is 6.10. The molecule has 8 heteroatoms. The number of carbonyl (C=O) groups is 2. The average Bonchev–Trinajstić information content (AvgIpc) is 3.20. The minimum Gasteiger partial charge on any atom is -0.497 e. The highest BCUT2D eigenvalue weighted by Crippen LogP contribution is 2.33. The molecule has 1 fully saturated rings. The summed E-state index contributed by atoms with van der Waals surface area (Å²) in [6.07, 6.45) is 1.74. The second-order valence-electron chi connectivity index (χ2n) is 7.57. The van der Waals surface area contributed by atoms with Gasteiger partial charge in [0, 0.05) is 0 Å². The molecule has 178 valence electrons. The Balaban J connectivity index is 1.52. The Morgan fingerprint density at radius 3 is 2.46 bits per heavy atom. The van der Waals surface area contributed by atoms with Gasteiger partial charge in [-0.15, -0.1) is 0 Å². The molecule has 0 bridgehead atoms. The quantitative estimate of drug-likeness (QED) is 0.268. The molecule has 0 aromatic heterocycles. The van der Waals surface area contributed by atoms with Gasteiger partial charge in [-0.05, 0) is 85.8 Å². The third-order valence-electron chi connectivity index (χ3n) is 5.01. The van der Waals surface area contributed by atoms with Crippen molar-refractivity contribution in [3.8, 4) is 17.2 Å². The van der Waals surface area contributed by atoms with Crippen LogP contribution in [0.4, 0.5) is 5.69 Å². The SMILES string of the molecule is CCOc1cc(/C=C2/SC(=Nc3ccc(OC)cc3)NC2=O)ccc1OC(=O)c1ccc(C)cc1. The molecular formula is C27H24N2O5S. The molecule has 1 N–H and O–H groups in total. The van der Waals surface area contributed by atoms with E-state index in [4.69, 9.17) is 14.2 Å². The minimum absolute atomic E-state index is 0.241. The topological polar surface area (TPSA) is 86.2 Å². The van der Waals surface area contributed by atoms with E-state index >= 15 is 0 Å². The van der Waals surface area contributed by atoms with E-state index in [0.29, 0.717) is 39.4 Å². The first-order valence-electron chi connectivity index (χ1n) is 10.9. The number of benzene rings is 3. The summed E-state index contributed by atoms with van der Waals surface area (Å²) in [5, 5.41) is 3.26. The lowest BCUT2D eigenvalue weighted by atomic mass is 10.1. The van der Waals surface area contributed by atoms with Gasteiger partial charge in [0.05, 0.1) is 29.9 Å². The van der Waals surface area contributed by atoms with Gasteiger partial charge in [0.2, 0.25) is 0 Å². The first-order valence-corrected chi connectivity index (χ1v) is 11.8. The normalized spacial score (nSPS) is 15.2. The first-order chi connectivity index (χ1) is 16.9. The number of aliphatic imine (C=N–C) groups is 1. The molecule has 3 aromatic carbocycles. The van der Waals surface area contributed by atoms with Crippen LogP contribution in [-0.2, 0) is 4.79 Å². The molecule has 35 heavy (non-hydrogen) atoms. The molecule has 3 aromatic rings. The van der Waals surface area contributed by atoms with Crippen LogP contribution in [0.5, 0.6) is 17.2 Å². The summed E-state index contributed by atoms with van der Waals surface area (Å²) in [6, 6.07) is 19.5. The number of thioether (sulfide) groups is 1. The predicted molar refractivity (Wildman–Crippen MR) is 138 cm³/mol. The lowest BCUT2D eigenvalue weighted by molar-refractivity contribution is -0.115. The van der Waals surface area contributed by atoms with E-state index in [1.54, 1.807) is 55.7 Å². The zero-order chi connectivity index (χ0) is 24.8. The number of hydrogen-bond donors (Lipinski definition) is 1. The third-order valence-corrected chi connectivity index (χ3v) is 5.92. The Bertz CT molecular complexity index is 1300. The molecule has 0 spiro atoms. The Morgan fingerprint density at radius 2 is 1.77 bits per heavy atom. The fourth-order valence-corrected chi connectivity index (χ4v) is 4.06. The van der Waals surface area contributed by atoms with Gasteiger partial charge in [0.25, 0.3) is 5.91 Å². The van der Waals surface area contributed by atoms with Crippen LogP contribution < -0.4 is 19.5 Å². The second-order valence-corrected chi connectivity index (χ2v) is 8.61.